The standard InChI is InChI=1S/C9H7BrN2OS/c10-8-3-1-2-7(12-8)9-11-6(4-13)5-14-9/h1-3,5,13H,4H2. The zero-order chi connectivity index (χ0) is 9.97. The largest absolute Gasteiger partial charge is 0.390 e. The summed E-state index contributed by atoms with van der Waals surface area (Å²) in [4.78, 5) is 8.50. The van der Waals surface area contributed by atoms with Crippen molar-refractivity contribution in [3.63, 3.8) is 0 Å². The number of thiazole rings is 1. The van der Waals surface area contributed by atoms with Gasteiger partial charge < -0.3 is 5.11 Å². The molecular formula is C9H7BrN2OS. The van der Waals surface area contributed by atoms with Crippen molar-refractivity contribution in [3.05, 3.63) is 33.9 Å². The molecule has 2 heterocycles. The van der Waals surface area contributed by atoms with Gasteiger partial charge in [0.15, 0.2) is 0 Å². The Kier molecular flexibility index (Phi) is 2.90. The van der Waals surface area contributed by atoms with Crippen LogP contribution in [0.25, 0.3) is 10.7 Å². The van der Waals surface area contributed by atoms with E-state index in [1.54, 1.807) is 0 Å². The lowest BCUT2D eigenvalue weighted by molar-refractivity contribution is 0.278. The van der Waals surface area contributed by atoms with Crippen molar-refractivity contribution < 1.29 is 5.11 Å². The Bertz CT molecular complexity index is 444. The summed E-state index contributed by atoms with van der Waals surface area (Å²) in [5.41, 5.74) is 1.51. The molecule has 1 N–H and O–H groups in total. The molecule has 2 aromatic rings. The Hall–Kier alpha value is -0.780. The number of aromatic nitrogens is 2. The van der Waals surface area contributed by atoms with Crippen molar-refractivity contribution in [1.82, 2.24) is 9.97 Å². The van der Waals surface area contributed by atoms with Crippen LogP contribution < -0.4 is 0 Å². The van der Waals surface area contributed by atoms with E-state index in [1.807, 2.05) is 23.6 Å². The molecule has 72 valence electrons. The van der Waals surface area contributed by atoms with Gasteiger partial charge in [0.05, 0.1) is 12.3 Å². The van der Waals surface area contributed by atoms with Gasteiger partial charge in [-0.05, 0) is 28.1 Å². The first-order valence-corrected chi connectivity index (χ1v) is 5.65. The highest BCUT2D eigenvalue weighted by molar-refractivity contribution is 9.10. The van der Waals surface area contributed by atoms with Crippen molar-refractivity contribution >= 4 is 27.3 Å². The lowest BCUT2D eigenvalue weighted by Crippen LogP contribution is -1.85. The van der Waals surface area contributed by atoms with Crippen molar-refractivity contribution in [2.24, 2.45) is 0 Å². The van der Waals surface area contributed by atoms with Gasteiger partial charge in [-0.3, -0.25) is 0 Å². The van der Waals surface area contributed by atoms with E-state index in [9.17, 15) is 0 Å². The summed E-state index contributed by atoms with van der Waals surface area (Å²) in [6.07, 6.45) is 0. The topological polar surface area (TPSA) is 46.0 Å². The molecule has 0 aliphatic carbocycles. The maximum atomic E-state index is 8.87. The van der Waals surface area contributed by atoms with Crippen LogP contribution in [0.4, 0.5) is 0 Å². The average molecular weight is 271 g/mol. The molecule has 0 atom stereocenters. The fourth-order valence-corrected chi connectivity index (χ4v) is 2.15. The average Bonchev–Trinajstić information content (AvgIpc) is 2.66. The van der Waals surface area contributed by atoms with Gasteiger partial charge in [-0.1, -0.05) is 6.07 Å². The molecule has 0 bridgehead atoms. The van der Waals surface area contributed by atoms with Crippen molar-refractivity contribution in [2.75, 3.05) is 0 Å². The normalized spacial score (nSPS) is 10.4. The molecule has 0 spiro atoms. The summed E-state index contributed by atoms with van der Waals surface area (Å²) in [5.74, 6) is 0. The van der Waals surface area contributed by atoms with Gasteiger partial charge >= 0.3 is 0 Å². The summed E-state index contributed by atoms with van der Waals surface area (Å²) < 4.78 is 0.788. The van der Waals surface area contributed by atoms with Crippen LogP contribution in [0.3, 0.4) is 0 Å². The molecule has 0 aliphatic heterocycles. The number of aliphatic hydroxyl groups excluding tert-OH is 1. The van der Waals surface area contributed by atoms with E-state index >= 15 is 0 Å². The highest BCUT2D eigenvalue weighted by Gasteiger charge is 2.05. The van der Waals surface area contributed by atoms with E-state index in [0.717, 1.165) is 15.3 Å². The monoisotopic (exact) mass is 270 g/mol. The summed E-state index contributed by atoms with van der Waals surface area (Å²) in [5, 5.41) is 11.5. The molecule has 5 heteroatoms. The molecular weight excluding hydrogens is 264 g/mol. The zero-order valence-corrected chi connectivity index (χ0v) is 9.55. The minimum Gasteiger partial charge on any atom is -0.390 e. The Morgan fingerprint density at radius 3 is 2.86 bits per heavy atom. The Labute approximate surface area is 93.6 Å². The summed E-state index contributed by atoms with van der Waals surface area (Å²) in [6, 6.07) is 5.67. The first-order valence-electron chi connectivity index (χ1n) is 3.98. The predicted molar refractivity (Wildman–Crippen MR) is 59.0 cm³/mol. The van der Waals surface area contributed by atoms with Crippen LogP contribution in [0.15, 0.2) is 28.2 Å². The van der Waals surface area contributed by atoms with Crippen LogP contribution in [-0.2, 0) is 6.61 Å². The minimum absolute atomic E-state index is 0.0233. The SMILES string of the molecule is OCc1csc(-c2cccc(Br)n2)n1. The first-order chi connectivity index (χ1) is 6.79. The van der Waals surface area contributed by atoms with Gasteiger partial charge in [0.2, 0.25) is 0 Å². The van der Waals surface area contributed by atoms with Crippen LogP contribution in [0.2, 0.25) is 0 Å². The van der Waals surface area contributed by atoms with Gasteiger partial charge in [0, 0.05) is 5.38 Å². The number of pyridine rings is 1. The highest BCUT2D eigenvalue weighted by Crippen LogP contribution is 2.23. The molecule has 0 amide bonds. The van der Waals surface area contributed by atoms with E-state index in [0.29, 0.717) is 5.69 Å². The second kappa shape index (κ2) is 4.16. The Morgan fingerprint density at radius 2 is 2.21 bits per heavy atom. The summed E-state index contributed by atoms with van der Waals surface area (Å²) in [7, 11) is 0. The van der Waals surface area contributed by atoms with Crippen molar-refractivity contribution in [2.45, 2.75) is 6.61 Å². The third kappa shape index (κ3) is 2.00. The fraction of sp³-hybridized carbons (Fsp3) is 0.111. The Morgan fingerprint density at radius 1 is 1.36 bits per heavy atom. The first kappa shape index (κ1) is 9.76. The highest BCUT2D eigenvalue weighted by atomic mass is 79.9. The van der Waals surface area contributed by atoms with Crippen LogP contribution in [0.1, 0.15) is 5.69 Å². The van der Waals surface area contributed by atoms with E-state index < -0.39 is 0 Å². The number of nitrogens with zero attached hydrogens (tertiary/aromatic N) is 2. The summed E-state index contributed by atoms with van der Waals surface area (Å²) in [6.45, 7) is -0.0233. The van der Waals surface area contributed by atoms with Gasteiger partial charge in [-0.2, -0.15) is 0 Å². The molecule has 0 aliphatic rings. The number of hydrogen-bond acceptors (Lipinski definition) is 4. The van der Waals surface area contributed by atoms with E-state index in [1.165, 1.54) is 11.3 Å². The number of hydrogen-bond donors (Lipinski definition) is 1. The summed E-state index contributed by atoms with van der Waals surface area (Å²) >= 11 is 4.78. The zero-order valence-electron chi connectivity index (χ0n) is 7.14. The van der Waals surface area contributed by atoms with Gasteiger partial charge in [0.1, 0.15) is 15.3 Å². The molecule has 0 radical (unpaired) electrons. The molecule has 2 aromatic heterocycles. The lowest BCUT2D eigenvalue weighted by Gasteiger charge is -1.95. The smallest absolute Gasteiger partial charge is 0.142 e. The number of halogens is 1. The molecule has 0 saturated heterocycles. The fourth-order valence-electron chi connectivity index (χ4n) is 1.02. The van der Waals surface area contributed by atoms with E-state index in [4.69, 9.17) is 5.11 Å². The maximum Gasteiger partial charge on any atom is 0.142 e. The molecule has 3 nitrogen and oxygen atoms in total. The third-order valence-electron chi connectivity index (χ3n) is 1.65. The van der Waals surface area contributed by atoms with Crippen LogP contribution in [-0.4, -0.2) is 15.1 Å². The number of rotatable bonds is 2. The van der Waals surface area contributed by atoms with Gasteiger partial charge in [-0.15, -0.1) is 11.3 Å². The second-order valence-corrected chi connectivity index (χ2v) is 4.32. The molecule has 0 fully saturated rings. The van der Waals surface area contributed by atoms with Crippen LogP contribution >= 0.6 is 27.3 Å². The van der Waals surface area contributed by atoms with Crippen LogP contribution in [0.5, 0.6) is 0 Å². The molecule has 0 saturated carbocycles. The quantitative estimate of drug-likeness (QED) is 0.853. The Balaban J connectivity index is 2.39. The molecule has 0 aromatic carbocycles. The molecule has 2 rings (SSSR count). The van der Waals surface area contributed by atoms with Crippen molar-refractivity contribution in [1.29, 1.82) is 0 Å². The maximum absolute atomic E-state index is 8.87. The van der Waals surface area contributed by atoms with Crippen molar-refractivity contribution in [3.8, 4) is 10.7 Å². The van der Waals surface area contributed by atoms with E-state index in [2.05, 4.69) is 25.9 Å². The predicted octanol–water partition coefficient (Wildman–Crippen LogP) is 2.46. The van der Waals surface area contributed by atoms with E-state index in [-0.39, 0.29) is 6.61 Å². The number of aliphatic hydroxyl groups is 1. The lowest BCUT2D eigenvalue weighted by atomic mass is 10.4. The second-order valence-electron chi connectivity index (χ2n) is 2.65. The third-order valence-corrected chi connectivity index (χ3v) is 3.00. The molecule has 0 unspecified atom stereocenters. The van der Waals surface area contributed by atoms with Crippen LogP contribution in [0, 0.1) is 0 Å². The molecule has 14 heavy (non-hydrogen) atoms. The van der Waals surface area contributed by atoms with Gasteiger partial charge in [0.25, 0.3) is 0 Å². The van der Waals surface area contributed by atoms with Gasteiger partial charge in [-0.25, -0.2) is 9.97 Å². The minimum atomic E-state index is -0.0233.